The maximum atomic E-state index is 11.8. The summed E-state index contributed by atoms with van der Waals surface area (Å²) in [5.74, 6) is -0.503. The van der Waals surface area contributed by atoms with Crippen molar-refractivity contribution in [2.24, 2.45) is 5.41 Å². The summed E-state index contributed by atoms with van der Waals surface area (Å²) in [7, 11) is 0. The topological polar surface area (TPSA) is 43.4 Å². The van der Waals surface area contributed by atoms with Gasteiger partial charge in [0.2, 0.25) is 0 Å². The smallest absolute Gasteiger partial charge is 0.320 e. The lowest BCUT2D eigenvalue weighted by Crippen LogP contribution is -2.35. The van der Waals surface area contributed by atoms with Gasteiger partial charge in [0.15, 0.2) is 5.78 Å². The normalized spacial score (nSPS) is 27.0. The molecule has 0 saturated carbocycles. The first kappa shape index (κ1) is 11.7. The lowest BCUT2D eigenvalue weighted by molar-refractivity contribution is -0.157. The Balaban J connectivity index is 2.91. The molecule has 1 unspecified atom stereocenters. The minimum atomic E-state index is -0.976. The molecule has 0 saturated heterocycles. The molecule has 0 aromatic heterocycles. The van der Waals surface area contributed by atoms with E-state index < -0.39 is 11.4 Å². The van der Waals surface area contributed by atoms with Crippen LogP contribution in [0.4, 0.5) is 0 Å². The molecule has 0 radical (unpaired) electrons. The van der Waals surface area contributed by atoms with Crippen LogP contribution in [0.5, 0.6) is 0 Å². The number of allylic oxidation sites excluding steroid dienone is 2. The van der Waals surface area contributed by atoms with Crippen LogP contribution < -0.4 is 0 Å². The molecule has 0 bridgehead atoms. The minimum absolute atomic E-state index is 0.0969. The Hall–Kier alpha value is -0.390. The van der Waals surface area contributed by atoms with E-state index in [4.69, 9.17) is 4.74 Å². The fraction of sp³-hybridized carbons (Fsp3) is 0.600. The van der Waals surface area contributed by atoms with E-state index in [2.05, 4.69) is 22.6 Å². The number of ketones is 1. The van der Waals surface area contributed by atoms with Gasteiger partial charge in [0.05, 0.1) is 6.61 Å². The zero-order valence-electron chi connectivity index (χ0n) is 8.52. The zero-order valence-corrected chi connectivity index (χ0v) is 10.7. The molecule has 0 aromatic carbocycles. The van der Waals surface area contributed by atoms with E-state index in [1.54, 1.807) is 20.8 Å². The van der Waals surface area contributed by atoms with Gasteiger partial charge in [0, 0.05) is 12.0 Å². The summed E-state index contributed by atoms with van der Waals surface area (Å²) in [6.07, 6.45) is 0.483. The van der Waals surface area contributed by atoms with E-state index in [9.17, 15) is 9.59 Å². The van der Waals surface area contributed by atoms with Crippen LogP contribution >= 0.6 is 22.6 Å². The lowest BCUT2D eigenvalue weighted by atomic mass is 9.86. The summed E-state index contributed by atoms with van der Waals surface area (Å²) in [4.78, 5) is 23.4. The molecule has 0 heterocycles. The summed E-state index contributed by atoms with van der Waals surface area (Å²) in [6, 6.07) is 0. The van der Waals surface area contributed by atoms with Crippen molar-refractivity contribution in [3.8, 4) is 0 Å². The van der Waals surface area contributed by atoms with Crippen molar-refractivity contribution in [2.75, 3.05) is 6.61 Å². The number of hydrogen-bond acceptors (Lipinski definition) is 3. The summed E-state index contributed by atoms with van der Waals surface area (Å²) in [6.45, 7) is 5.47. The highest BCUT2D eigenvalue weighted by Gasteiger charge is 2.48. The van der Waals surface area contributed by atoms with Crippen LogP contribution in [-0.4, -0.2) is 18.4 Å². The Morgan fingerprint density at radius 1 is 1.64 bits per heavy atom. The van der Waals surface area contributed by atoms with Gasteiger partial charge in [0.1, 0.15) is 5.41 Å². The van der Waals surface area contributed by atoms with Gasteiger partial charge in [-0.3, -0.25) is 9.59 Å². The number of hydrogen-bond donors (Lipinski definition) is 0. The van der Waals surface area contributed by atoms with E-state index >= 15 is 0 Å². The van der Waals surface area contributed by atoms with E-state index in [-0.39, 0.29) is 5.78 Å². The predicted octanol–water partition coefficient (Wildman–Crippen LogP) is 2.24. The molecule has 0 aliphatic heterocycles. The first-order valence-electron chi connectivity index (χ1n) is 4.50. The Bertz CT molecular complexity index is 319. The van der Waals surface area contributed by atoms with Crippen LogP contribution in [0.3, 0.4) is 0 Å². The molecule has 0 fully saturated rings. The number of carbonyl (C=O) groups is 2. The molecule has 0 aromatic rings. The maximum absolute atomic E-state index is 11.8. The SMILES string of the molecule is CCOC(=O)C1(C)CC(I)=C(C)C1=O. The van der Waals surface area contributed by atoms with Crippen LogP contribution in [0.2, 0.25) is 0 Å². The van der Waals surface area contributed by atoms with Gasteiger partial charge < -0.3 is 4.74 Å². The highest BCUT2D eigenvalue weighted by Crippen LogP contribution is 2.42. The van der Waals surface area contributed by atoms with Crippen LogP contribution in [0.1, 0.15) is 27.2 Å². The number of rotatable bonds is 2. The van der Waals surface area contributed by atoms with Gasteiger partial charge in [0.25, 0.3) is 0 Å². The second kappa shape index (κ2) is 4.00. The molecular formula is C10H13IO3. The summed E-state index contributed by atoms with van der Waals surface area (Å²) < 4.78 is 5.87. The van der Waals surface area contributed by atoms with E-state index in [0.29, 0.717) is 18.6 Å². The lowest BCUT2D eigenvalue weighted by Gasteiger charge is -2.19. The van der Waals surface area contributed by atoms with E-state index in [1.165, 1.54) is 0 Å². The van der Waals surface area contributed by atoms with Crippen molar-refractivity contribution < 1.29 is 14.3 Å². The Morgan fingerprint density at radius 3 is 2.57 bits per heavy atom. The number of carbonyl (C=O) groups excluding carboxylic acids is 2. The summed E-state index contributed by atoms with van der Waals surface area (Å²) in [5, 5.41) is 0. The number of ether oxygens (including phenoxy) is 1. The molecule has 3 nitrogen and oxygen atoms in total. The highest BCUT2D eigenvalue weighted by molar-refractivity contribution is 14.1. The second-order valence-corrected chi connectivity index (χ2v) is 4.89. The third kappa shape index (κ3) is 1.71. The second-order valence-electron chi connectivity index (χ2n) is 3.59. The first-order chi connectivity index (χ1) is 6.43. The molecule has 0 amide bonds. The third-order valence-electron chi connectivity index (χ3n) is 2.48. The zero-order chi connectivity index (χ0) is 10.9. The number of Topliss-reactive ketones (excluding diaryl/α,β-unsaturated/α-hetero) is 1. The standard InChI is InChI=1S/C10H13IO3/c1-4-14-9(13)10(3)5-7(11)6(2)8(10)12/h4-5H2,1-3H3. The van der Waals surface area contributed by atoms with Gasteiger partial charge in [-0.15, -0.1) is 0 Å². The fourth-order valence-corrected chi connectivity index (χ4v) is 2.52. The molecule has 1 aliphatic carbocycles. The third-order valence-corrected chi connectivity index (χ3v) is 3.67. The Labute approximate surface area is 97.0 Å². The number of esters is 1. The van der Waals surface area contributed by atoms with Crippen molar-refractivity contribution in [1.82, 2.24) is 0 Å². The van der Waals surface area contributed by atoms with Gasteiger partial charge in [-0.1, -0.05) is 0 Å². The molecule has 1 rings (SSSR count). The van der Waals surface area contributed by atoms with Gasteiger partial charge in [-0.05, 0) is 46.9 Å². The monoisotopic (exact) mass is 308 g/mol. The fourth-order valence-electron chi connectivity index (χ4n) is 1.52. The average molecular weight is 308 g/mol. The summed E-state index contributed by atoms with van der Waals surface area (Å²) in [5.41, 5.74) is -0.280. The van der Waals surface area contributed by atoms with Crippen LogP contribution in [0.25, 0.3) is 0 Å². The molecule has 4 heteroatoms. The maximum Gasteiger partial charge on any atom is 0.320 e. The molecular weight excluding hydrogens is 295 g/mol. The van der Waals surface area contributed by atoms with Crippen molar-refractivity contribution in [1.29, 1.82) is 0 Å². The van der Waals surface area contributed by atoms with Crippen molar-refractivity contribution in [3.63, 3.8) is 0 Å². The minimum Gasteiger partial charge on any atom is -0.465 e. The molecule has 1 atom stereocenters. The van der Waals surface area contributed by atoms with Gasteiger partial charge in [-0.2, -0.15) is 0 Å². The highest BCUT2D eigenvalue weighted by atomic mass is 127. The van der Waals surface area contributed by atoms with Crippen LogP contribution in [0.15, 0.2) is 9.15 Å². The van der Waals surface area contributed by atoms with E-state index in [1.807, 2.05) is 0 Å². The Morgan fingerprint density at radius 2 is 2.21 bits per heavy atom. The Kier molecular flexibility index (Phi) is 3.34. The van der Waals surface area contributed by atoms with Crippen LogP contribution in [0, 0.1) is 5.41 Å². The van der Waals surface area contributed by atoms with Crippen LogP contribution in [-0.2, 0) is 14.3 Å². The molecule has 0 spiro atoms. The quantitative estimate of drug-likeness (QED) is 0.446. The first-order valence-corrected chi connectivity index (χ1v) is 5.58. The average Bonchev–Trinajstić information content (AvgIpc) is 2.32. The predicted molar refractivity (Wildman–Crippen MR) is 61.1 cm³/mol. The molecule has 0 N–H and O–H groups in total. The van der Waals surface area contributed by atoms with Crippen molar-refractivity contribution in [3.05, 3.63) is 9.15 Å². The molecule has 14 heavy (non-hydrogen) atoms. The van der Waals surface area contributed by atoms with Crippen molar-refractivity contribution >= 4 is 34.3 Å². The number of halogens is 1. The van der Waals surface area contributed by atoms with E-state index in [0.717, 1.165) is 3.58 Å². The van der Waals surface area contributed by atoms with Crippen molar-refractivity contribution in [2.45, 2.75) is 27.2 Å². The summed E-state index contributed by atoms with van der Waals surface area (Å²) >= 11 is 2.11. The van der Waals surface area contributed by atoms with Gasteiger partial charge in [-0.25, -0.2) is 0 Å². The molecule has 78 valence electrons. The molecule has 1 aliphatic rings. The largest absolute Gasteiger partial charge is 0.465 e. The van der Waals surface area contributed by atoms with Gasteiger partial charge >= 0.3 is 5.97 Å².